The third-order valence-electron chi connectivity index (χ3n) is 4.99. The number of carbonyl (C=O) groups excluding carboxylic acids is 1. The molecule has 1 aromatic carbocycles. The molecule has 3 heterocycles. The highest BCUT2D eigenvalue weighted by atomic mass is 32.1. The third-order valence-corrected chi connectivity index (χ3v) is 5.83. The second-order valence-electron chi connectivity index (χ2n) is 6.77. The van der Waals surface area contributed by atoms with Gasteiger partial charge in [0.25, 0.3) is 5.91 Å². The molecule has 0 aliphatic carbocycles. The van der Waals surface area contributed by atoms with E-state index in [1.807, 2.05) is 10.3 Å². The van der Waals surface area contributed by atoms with E-state index in [2.05, 4.69) is 14.8 Å². The third kappa shape index (κ3) is 4.45. The van der Waals surface area contributed by atoms with Crippen LogP contribution in [0.3, 0.4) is 0 Å². The zero-order chi connectivity index (χ0) is 18.6. The smallest absolute Gasteiger partial charge is 0.273 e. The average molecular weight is 390 g/mol. The maximum atomic E-state index is 13.1. The van der Waals surface area contributed by atoms with Gasteiger partial charge in [0.05, 0.1) is 19.8 Å². The topological polar surface area (TPSA) is 48.9 Å². The summed E-state index contributed by atoms with van der Waals surface area (Å²) in [6, 6.07) is 6.51. The molecule has 0 spiro atoms. The Hall–Kier alpha value is -2.03. The lowest BCUT2D eigenvalue weighted by molar-refractivity contribution is 0.0341. The number of ether oxygens (including phenoxy) is 1. The molecular weight excluding hydrogens is 367 g/mol. The van der Waals surface area contributed by atoms with E-state index < -0.39 is 0 Å². The van der Waals surface area contributed by atoms with Crippen molar-refractivity contribution in [1.82, 2.24) is 14.8 Å². The van der Waals surface area contributed by atoms with Crippen molar-refractivity contribution in [1.29, 1.82) is 0 Å². The van der Waals surface area contributed by atoms with Crippen molar-refractivity contribution in [3.63, 3.8) is 0 Å². The van der Waals surface area contributed by atoms with Crippen molar-refractivity contribution in [3.8, 4) is 0 Å². The number of rotatable bonds is 4. The monoisotopic (exact) mass is 390 g/mol. The molecule has 0 bridgehead atoms. The summed E-state index contributed by atoms with van der Waals surface area (Å²) in [5.74, 6) is -0.234. The number of carbonyl (C=O) groups is 1. The number of amides is 1. The first-order chi connectivity index (χ1) is 13.2. The van der Waals surface area contributed by atoms with Crippen LogP contribution in [-0.4, -0.2) is 73.2 Å². The molecule has 27 heavy (non-hydrogen) atoms. The van der Waals surface area contributed by atoms with Gasteiger partial charge < -0.3 is 14.5 Å². The minimum Gasteiger partial charge on any atom is -0.379 e. The van der Waals surface area contributed by atoms with Gasteiger partial charge in [-0.1, -0.05) is 0 Å². The first kappa shape index (κ1) is 18.3. The fourth-order valence-electron chi connectivity index (χ4n) is 3.41. The summed E-state index contributed by atoms with van der Waals surface area (Å²) < 4.78 is 18.4. The summed E-state index contributed by atoms with van der Waals surface area (Å²) in [5, 5.41) is 2.84. The number of hydrogen-bond donors (Lipinski definition) is 0. The van der Waals surface area contributed by atoms with Gasteiger partial charge in [0, 0.05) is 50.3 Å². The second-order valence-corrected chi connectivity index (χ2v) is 7.71. The number of morpholine rings is 1. The zero-order valence-electron chi connectivity index (χ0n) is 15.1. The molecule has 0 atom stereocenters. The fourth-order valence-corrected chi connectivity index (χ4v) is 4.22. The Bertz CT molecular complexity index is 768. The first-order valence-corrected chi connectivity index (χ1v) is 10.1. The molecule has 0 saturated carbocycles. The van der Waals surface area contributed by atoms with Crippen LogP contribution in [0.4, 0.5) is 10.1 Å². The number of aromatic nitrogens is 1. The molecule has 2 fully saturated rings. The van der Waals surface area contributed by atoms with Crippen LogP contribution >= 0.6 is 11.3 Å². The molecule has 4 rings (SSSR count). The van der Waals surface area contributed by atoms with E-state index in [-0.39, 0.29) is 11.7 Å². The van der Waals surface area contributed by atoms with E-state index in [0.29, 0.717) is 18.8 Å². The van der Waals surface area contributed by atoms with Crippen molar-refractivity contribution < 1.29 is 13.9 Å². The molecule has 2 aliphatic rings. The van der Waals surface area contributed by atoms with E-state index in [4.69, 9.17) is 4.74 Å². The van der Waals surface area contributed by atoms with Crippen molar-refractivity contribution in [2.45, 2.75) is 6.54 Å². The molecular formula is C19H23FN4O2S. The first-order valence-electron chi connectivity index (χ1n) is 9.23. The molecule has 0 radical (unpaired) electrons. The summed E-state index contributed by atoms with van der Waals surface area (Å²) in [6.45, 7) is 6.89. The highest BCUT2D eigenvalue weighted by Crippen LogP contribution is 2.19. The number of thiazole rings is 1. The van der Waals surface area contributed by atoms with Gasteiger partial charge >= 0.3 is 0 Å². The van der Waals surface area contributed by atoms with Crippen molar-refractivity contribution in [2.75, 3.05) is 57.4 Å². The largest absolute Gasteiger partial charge is 0.379 e. The van der Waals surface area contributed by atoms with Gasteiger partial charge in [-0.25, -0.2) is 9.37 Å². The van der Waals surface area contributed by atoms with Crippen LogP contribution in [0.15, 0.2) is 29.6 Å². The molecule has 6 nitrogen and oxygen atoms in total. The summed E-state index contributed by atoms with van der Waals surface area (Å²) in [6.07, 6.45) is 0. The molecule has 2 saturated heterocycles. The van der Waals surface area contributed by atoms with Crippen LogP contribution in [0.1, 0.15) is 15.5 Å². The van der Waals surface area contributed by atoms with E-state index in [0.717, 1.165) is 56.6 Å². The Morgan fingerprint density at radius 2 is 1.78 bits per heavy atom. The maximum absolute atomic E-state index is 13.1. The molecule has 0 N–H and O–H groups in total. The van der Waals surface area contributed by atoms with Crippen LogP contribution in [0.25, 0.3) is 0 Å². The lowest BCUT2D eigenvalue weighted by Crippen LogP contribution is -2.48. The lowest BCUT2D eigenvalue weighted by Gasteiger charge is -2.35. The normalized spacial score (nSPS) is 18.7. The summed E-state index contributed by atoms with van der Waals surface area (Å²) >= 11 is 1.55. The Labute approximate surface area is 162 Å². The minimum absolute atomic E-state index is 0.00164. The van der Waals surface area contributed by atoms with E-state index >= 15 is 0 Å². The zero-order valence-corrected chi connectivity index (χ0v) is 16.0. The van der Waals surface area contributed by atoms with Crippen molar-refractivity contribution in [2.24, 2.45) is 0 Å². The molecule has 144 valence electrons. The van der Waals surface area contributed by atoms with Gasteiger partial charge in [0.1, 0.15) is 16.5 Å². The number of hydrogen-bond acceptors (Lipinski definition) is 6. The van der Waals surface area contributed by atoms with Crippen LogP contribution in [0, 0.1) is 5.82 Å². The van der Waals surface area contributed by atoms with Gasteiger partial charge in [0.15, 0.2) is 0 Å². The number of nitrogens with zero attached hydrogens (tertiary/aromatic N) is 4. The summed E-state index contributed by atoms with van der Waals surface area (Å²) in [4.78, 5) is 23.7. The van der Waals surface area contributed by atoms with Crippen LogP contribution in [-0.2, 0) is 11.3 Å². The van der Waals surface area contributed by atoms with Crippen LogP contribution in [0.2, 0.25) is 0 Å². The Morgan fingerprint density at radius 3 is 2.48 bits per heavy atom. The number of halogens is 1. The van der Waals surface area contributed by atoms with E-state index in [1.54, 1.807) is 23.5 Å². The highest BCUT2D eigenvalue weighted by molar-refractivity contribution is 7.09. The van der Waals surface area contributed by atoms with Crippen LogP contribution in [0.5, 0.6) is 0 Å². The predicted molar refractivity (Wildman–Crippen MR) is 103 cm³/mol. The fraction of sp³-hybridized carbons (Fsp3) is 0.474. The van der Waals surface area contributed by atoms with Gasteiger partial charge in [-0.3, -0.25) is 9.69 Å². The standard InChI is InChI=1S/C19H23FN4O2S/c20-15-1-3-16(4-2-15)23-5-7-24(8-6-23)19(25)17-14-27-18(21-17)13-22-9-11-26-12-10-22/h1-4,14H,5-13H2. The van der Waals surface area contributed by atoms with Gasteiger partial charge in [-0.05, 0) is 24.3 Å². The Morgan fingerprint density at radius 1 is 1.07 bits per heavy atom. The van der Waals surface area contributed by atoms with Crippen molar-refractivity contribution >= 4 is 22.9 Å². The molecule has 1 amide bonds. The van der Waals surface area contributed by atoms with E-state index in [1.165, 1.54) is 12.1 Å². The summed E-state index contributed by atoms with van der Waals surface area (Å²) in [7, 11) is 0. The second kappa shape index (κ2) is 8.33. The molecule has 0 unspecified atom stereocenters. The highest BCUT2D eigenvalue weighted by Gasteiger charge is 2.24. The lowest BCUT2D eigenvalue weighted by atomic mass is 10.2. The van der Waals surface area contributed by atoms with Gasteiger partial charge in [-0.15, -0.1) is 11.3 Å². The predicted octanol–water partition coefficient (Wildman–Crippen LogP) is 2.08. The molecule has 2 aliphatic heterocycles. The molecule has 2 aromatic rings. The Kier molecular flexibility index (Phi) is 5.66. The number of benzene rings is 1. The number of piperazine rings is 1. The average Bonchev–Trinajstić information content (AvgIpc) is 3.17. The molecule has 8 heteroatoms. The quantitative estimate of drug-likeness (QED) is 0.800. The maximum Gasteiger partial charge on any atom is 0.273 e. The van der Waals surface area contributed by atoms with Crippen molar-refractivity contribution in [3.05, 3.63) is 46.2 Å². The molecule has 1 aromatic heterocycles. The van der Waals surface area contributed by atoms with E-state index in [9.17, 15) is 9.18 Å². The number of anilines is 1. The van der Waals surface area contributed by atoms with Gasteiger partial charge in [-0.2, -0.15) is 0 Å². The summed E-state index contributed by atoms with van der Waals surface area (Å²) in [5.41, 5.74) is 1.53. The minimum atomic E-state index is -0.232. The Balaban J connectivity index is 1.32. The van der Waals surface area contributed by atoms with Gasteiger partial charge in [0.2, 0.25) is 0 Å². The SMILES string of the molecule is O=C(c1csc(CN2CCOCC2)n1)N1CCN(c2ccc(F)cc2)CC1. The van der Waals surface area contributed by atoms with Crippen LogP contribution < -0.4 is 4.90 Å².